The van der Waals surface area contributed by atoms with Crippen LogP contribution >= 0.6 is 12.4 Å². The van der Waals surface area contributed by atoms with E-state index in [9.17, 15) is 0 Å². The molecule has 1 unspecified atom stereocenters. The molecule has 1 atom stereocenters. The molecule has 1 fully saturated rings. The maximum atomic E-state index is 4.25. The van der Waals surface area contributed by atoms with E-state index in [0.717, 1.165) is 26.2 Å². The number of hydrogen-bond donors (Lipinski definition) is 1. The zero-order valence-corrected chi connectivity index (χ0v) is 13.4. The molecule has 0 amide bonds. The average molecular weight is 316 g/mol. The summed E-state index contributed by atoms with van der Waals surface area (Å²) in [6, 6.07) is 15.0. The molecule has 0 bridgehead atoms. The van der Waals surface area contributed by atoms with Gasteiger partial charge in [-0.2, -0.15) is 0 Å². The number of halogens is 1. The maximum Gasteiger partial charge on any atom is 0.0491 e. The molecular weight excluding hydrogens is 294 g/mol. The van der Waals surface area contributed by atoms with Crippen molar-refractivity contribution in [1.29, 1.82) is 0 Å². The Balaban J connectivity index is 0.00000176. The van der Waals surface area contributed by atoms with Crippen molar-refractivity contribution in [3.8, 4) is 0 Å². The predicted molar refractivity (Wildman–Crippen MR) is 94.1 cm³/mol. The Morgan fingerprint density at radius 2 is 2.05 bits per heavy atom. The second-order valence-electron chi connectivity index (χ2n) is 5.31. The highest BCUT2D eigenvalue weighted by atomic mass is 35.5. The topological polar surface area (TPSA) is 28.2 Å². The zero-order chi connectivity index (χ0) is 14.3. The van der Waals surface area contributed by atoms with Crippen molar-refractivity contribution >= 4 is 18.5 Å². The number of piperazine rings is 1. The molecule has 4 heteroatoms. The Morgan fingerprint density at radius 1 is 1.18 bits per heavy atom. The van der Waals surface area contributed by atoms with Crippen molar-refractivity contribution in [1.82, 2.24) is 15.2 Å². The number of benzene rings is 1. The van der Waals surface area contributed by atoms with Crippen molar-refractivity contribution in [3.05, 3.63) is 72.1 Å². The standard InChI is InChI=1S/C18H21N3.ClH/c1-2-6-16(7-3-1)8-5-12-21-13-11-20-15-18(21)17-9-4-10-19-14-17;/h1-10,14,18,20H,11-13,15H2;1H/b8-5+;. The fourth-order valence-electron chi connectivity index (χ4n) is 2.75. The smallest absolute Gasteiger partial charge is 0.0491 e. The molecule has 0 saturated carbocycles. The quantitative estimate of drug-likeness (QED) is 0.939. The lowest BCUT2D eigenvalue weighted by Gasteiger charge is -2.35. The average Bonchev–Trinajstić information content (AvgIpc) is 2.57. The van der Waals surface area contributed by atoms with E-state index in [1.807, 2.05) is 24.5 Å². The van der Waals surface area contributed by atoms with Gasteiger partial charge in [0.05, 0.1) is 0 Å². The summed E-state index contributed by atoms with van der Waals surface area (Å²) in [5, 5.41) is 3.48. The Morgan fingerprint density at radius 3 is 2.82 bits per heavy atom. The minimum atomic E-state index is 0. The maximum absolute atomic E-state index is 4.25. The largest absolute Gasteiger partial charge is 0.314 e. The van der Waals surface area contributed by atoms with E-state index in [0.29, 0.717) is 6.04 Å². The summed E-state index contributed by atoms with van der Waals surface area (Å²) in [5.74, 6) is 0. The predicted octanol–water partition coefficient (Wildman–Crippen LogP) is 3.16. The molecule has 0 aliphatic carbocycles. The monoisotopic (exact) mass is 315 g/mol. The molecule has 1 aromatic heterocycles. The van der Waals surface area contributed by atoms with Crippen molar-refractivity contribution < 1.29 is 0 Å². The Bertz CT molecular complexity index is 571. The molecule has 116 valence electrons. The Labute approximate surface area is 138 Å². The van der Waals surface area contributed by atoms with Crippen molar-refractivity contribution in [3.63, 3.8) is 0 Å². The van der Waals surface area contributed by atoms with Crippen LogP contribution in [0.2, 0.25) is 0 Å². The summed E-state index contributed by atoms with van der Waals surface area (Å²) in [6.45, 7) is 4.08. The van der Waals surface area contributed by atoms with Gasteiger partial charge in [0, 0.05) is 44.6 Å². The molecule has 1 saturated heterocycles. The molecular formula is C18H22ClN3. The third-order valence-electron chi connectivity index (χ3n) is 3.87. The summed E-state index contributed by atoms with van der Waals surface area (Å²) in [7, 11) is 0. The van der Waals surface area contributed by atoms with E-state index < -0.39 is 0 Å². The Hall–Kier alpha value is -1.68. The first-order valence-electron chi connectivity index (χ1n) is 7.50. The van der Waals surface area contributed by atoms with Gasteiger partial charge in [-0.1, -0.05) is 48.6 Å². The van der Waals surface area contributed by atoms with Gasteiger partial charge in [-0.05, 0) is 17.2 Å². The van der Waals surface area contributed by atoms with Gasteiger partial charge in [-0.15, -0.1) is 12.4 Å². The highest BCUT2D eigenvalue weighted by molar-refractivity contribution is 5.85. The van der Waals surface area contributed by atoms with Crippen LogP contribution in [0, 0.1) is 0 Å². The number of aromatic nitrogens is 1. The van der Waals surface area contributed by atoms with Crippen LogP contribution in [0.25, 0.3) is 6.08 Å². The van der Waals surface area contributed by atoms with Gasteiger partial charge in [0.1, 0.15) is 0 Å². The van der Waals surface area contributed by atoms with E-state index in [4.69, 9.17) is 0 Å². The normalized spacial score (nSPS) is 19.0. The molecule has 2 heterocycles. The van der Waals surface area contributed by atoms with Crippen LogP contribution in [0.3, 0.4) is 0 Å². The molecule has 0 radical (unpaired) electrons. The van der Waals surface area contributed by atoms with Gasteiger partial charge in [-0.3, -0.25) is 9.88 Å². The number of rotatable bonds is 4. The molecule has 2 aromatic rings. The van der Waals surface area contributed by atoms with Crippen LogP contribution in [0.4, 0.5) is 0 Å². The molecule has 1 N–H and O–H groups in total. The van der Waals surface area contributed by atoms with Gasteiger partial charge in [0.2, 0.25) is 0 Å². The number of hydrogen-bond acceptors (Lipinski definition) is 3. The molecule has 3 rings (SSSR count). The lowest BCUT2D eigenvalue weighted by molar-refractivity contribution is 0.180. The highest BCUT2D eigenvalue weighted by Gasteiger charge is 2.22. The summed E-state index contributed by atoms with van der Waals surface area (Å²) in [4.78, 5) is 6.76. The fraction of sp³-hybridized carbons (Fsp3) is 0.278. The summed E-state index contributed by atoms with van der Waals surface area (Å²) in [5.41, 5.74) is 2.54. The van der Waals surface area contributed by atoms with Gasteiger partial charge in [0.25, 0.3) is 0 Å². The number of nitrogens with zero attached hydrogens (tertiary/aromatic N) is 2. The van der Waals surface area contributed by atoms with Crippen LogP contribution in [0.15, 0.2) is 60.9 Å². The molecule has 0 spiro atoms. The van der Waals surface area contributed by atoms with Gasteiger partial charge in [0.15, 0.2) is 0 Å². The summed E-state index contributed by atoms with van der Waals surface area (Å²) >= 11 is 0. The molecule has 22 heavy (non-hydrogen) atoms. The molecule has 1 aliphatic heterocycles. The zero-order valence-electron chi connectivity index (χ0n) is 12.6. The van der Waals surface area contributed by atoms with Crippen LogP contribution in [0.5, 0.6) is 0 Å². The van der Waals surface area contributed by atoms with E-state index in [2.05, 4.69) is 57.7 Å². The third-order valence-corrected chi connectivity index (χ3v) is 3.87. The first-order chi connectivity index (χ1) is 10.4. The van der Waals surface area contributed by atoms with Crippen LogP contribution in [-0.2, 0) is 0 Å². The van der Waals surface area contributed by atoms with Gasteiger partial charge in [-0.25, -0.2) is 0 Å². The minimum absolute atomic E-state index is 0. The molecule has 1 aliphatic rings. The van der Waals surface area contributed by atoms with Crippen LogP contribution in [-0.4, -0.2) is 36.1 Å². The van der Waals surface area contributed by atoms with E-state index in [1.54, 1.807) is 0 Å². The minimum Gasteiger partial charge on any atom is -0.314 e. The summed E-state index contributed by atoms with van der Waals surface area (Å²) < 4.78 is 0. The van der Waals surface area contributed by atoms with E-state index >= 15 is 0 Å². The SMILES string of the molecule is C(=C\c1ccccc1)/CN1CCNCC1c1cccnc1.Cl. The van der Waals surface area contributed by atoms with E-state index in [-0.39, 0.29) is 12.4 Å². The first kappa shape index (κ1) is 16.7. The summed E-state index contributed by atoms with van der Waals surface area (Å²) in [6.07, 6.45) is 8.26. The van der Waals surface area contributed by atoms with Crippen molar-refractivity contribution in [2.45, 2.75) is 6.04 Å². The second-order valence-corrected chi connectivity index (χ2v) is 5.31. The number of pyridine rings is 1. The fourth-order valence-corrected chi connectivity index (χ4v) is 2.75. The van der Waals surface area contributed by atoms with Crippen LogP contribution in [0.1, 0.15) is 17.2 Å². The highest BCUT2D eigenvalue weighted by Crippen LogP contribution is 2.21. The lowest BCUT2D eigenvalue weighted by Crippen LogP contribution is -2.45. The third kappa shape index (κ3) is 4.41. The van der Waals surface area contributed by atoms with Crippen molar-refractivity contribution in [2.75, 3.05) is 26.2 Å². The molecule has 1 aromatic carbocycles. The van der Waals surface area contributed by atoms with Crippen LogP contribution < -0.4 is 5.32 Å². The van der Waals surface area contributed by atoms with Gasteiger partial charge < -0.3 is 5.32 Å². The molecule has 3 nitrogen and oxygen atoms in total. The lowest BCUT2D eigenvalue weighted by atomic mass is 10.1. The van der Waals surface area contributed by atoms with E-state index in [1.165, 1.54) is 11.1 Å². The first-order valence-corrected chi connectivity index (χ1v) is 7.50. The second kappa shape index (κ2) is 8.69. The Kier molecular flexibility index (Phi) is 6.59. The number of nitrogens with one attached hydrogen (secondary N) is 1. The van der Waals surface area contributed by atoms with Gasteiger partial charge >= 0.3 is 0 Å². The van der Waals surface area contributed by atoms with Crippen molar-refractivity contribution in [2.24, 2.45) is 0 Å².